The average Bonchev–Trinajstić information content (AvgIpc) is 2.61. The summed E-state index contributed by atoms with van der Waals surface area (Å²) in [4.78, 5) is 10.4. The fourth-order valence-electron chi connectivity index (χ4n) is 3.36. The third-order valence-corrected chi connectivity index (χ3v) is 7.95. The molecule has 162 valence electrons. The summed E-state index contributed by atoms with van der Waals surface area (Å²) in [5.74, 6) is 1.67. The van der Waals surface area contributed by atoms with Crippen molar-refractivity contribution in [2.45, 2.75) is 82.6 Å². The number of aliphatic hydroxyl groups excluding tert-OH is 1. The molecular formula is C20H42NO5S+. The predicted octanol–water partition coefficient (Wildman–Crippen LogP) is 2.38. The number of aliphatic carboxylic acids is 1. The van der Waals surface area contributed by atoms with Crippen LogP contribution in [0.15, 0.2) is 0 Å². The van der Waals surface area contributed by atoms with Crippen molar-refractivity contribution in [1.29, 1.82) is 0 Å². The summed E-state index contributed by atoms with van der Waals surface area (Å²) >= 11 is 0. The monoisotopic (exact) mass is 408 g/mol. The number of rotatable bonds is 15. The van der Waals surface area contributed by atoms with Crippen molar-refractivity contribution in [3.63, 3.8) is 0 Å². The summed E-state index contributed by atoms with van der Waals surface area (Å²) in [6, 6.07) is 0.154. The predicted molar refractivity (Wildman–Crippen MR) is 111 cm³/mol. The Balaban J connectivity index is 2.04. The molecule has 0 saturated carbocycles. The SMILES string of the molecule is CS(C)(CCCCCCCCCC(=O)O)CCOC1O[C@H](CO)CCC1[NH3+]. The van der Waals surface area contributed by atoms with Gasteiger partial charge in [0.05, 0.1) is 19.3 Å². The van der Waals surface area contributed by atoms with Crippen LogP contribution in [0.1, 0.15) is 64.2 Å². The van der Waals surface area contributed by atoms with Crippen LogP contribution in [0.3, 0.4) is 0 Å². The molecule has 0 aromatic rings. The molecular weight excluding hydrogens is 366 g/mol. The second kappa shape index (κ2) is 13.8. The van der Waals surface area contributed by atoms with E-state index in [0.717, 1.165) is 37.9 Å². The van der Waals surface area contributed by atoms with E-state index in [1.54, 1.807) is 0 Å². The van der Waals surface area contributed by atoms with Crippen molar-refractivity contribution in [2.75, 3.05) is 37.2 Å². The van der Waals surface area contributed by atoms with Crippen LogP contribution in [-0.2, 0) is 14.3 Å². The van der Waals surface area contributed by atoms with E-state index in [9.17, 15) is 9.90 Å². The van der Waals surface area contributed by atoms with Crippen LogP contribution in [0, 0.1) is 0 Å². The number of hydrogen-bond acceptors (Lipinski definition) is 4. The van der Waals surface area contributed by atoms with Gasteiger partial charge in [0.2, 0.25) is 6.29 Å². The first-order valence-corrected chi connectivity index (χ1v) is 13.2. The van der Waals surface area contributed by atoms with Gasteiger partial charge in [-0.3, -0.25) is 4.79 Å². The minimum atomic E-state index is -0.682. The molecule has 7 heteroatoms. The van der Waals surface area contributed by atoms with Crippen LogP contribution in [0.2, 0.25) is 0 Å². The fraction of sp³-hybridized carbons (Fsp3) is 0.950. The van der Waals surface area contributed by atoms with Gasteiger partial charge in [0.25, 0.3) is 0 Å². The summed E-state index contributed by atoms with van der Waals surface area (Å²) in [7, 11) is -0.645. The van der Waals surface area contributed by atoms with Gasteiger partial charge in [-0.2, -0.15) is 0 Å². The highest BCUT2D eigenvalue weighted by atomic mass is 32.3. The van der Waals surface area contributed by atoms with Gasteiger partial charge in [0.15, 0.2) is 0 Å². The van der Waals surface area contributed by atoms with Gasteiger partial charge in [0, 0.05) is 18.6 Å². The molecule has 0 aromatic carbocycles. The van der Waals surface area contributed by atoms with Crippen LogP contribution < -0.4 is 5.73 Å². The first-order valence-electron chi connectivity index (χ1n) is 10.5. The molecule has 6 nitrogen and oxygen atoms in total. The quantitative estimate of drug-likeness (QED) is 0.361. The number of quaternary nitrogens is 1. The molecule has 0 radical (unpaired) electrons. The molecule has 1 aliphatic rings. The molecule has 2 unspecified atom stereocenters. The Morgan fingerprint density at radius 2 is 1.70 bits per heavy atom. The highest BCUT2D eigenvalue weighted by Crippen LogP contribution is 2.40. The second-order valence-electron chi connectivity index (χ2n) is 8.31. The first-order chi connectivity index (χ1) is 12.8. The van der Waals surface area contributed by atoms with Crippen molar-refractivity contribution >= 4 is 16.0 Å². The lowest BCUT2D eigenvalue weighted by Gasteiger charge is -2.34. The maximum Gasteiger partial charge on any atom is 0.303 e. The number of carbonyl (C=O) groups is 1. The maximum atomic E-state index is 10.4. The normalized spacial score (nSPS) is 24.1. The number of carboxylic acid groups (broad SMARTS) is 1. The molecule has 1 heterocycles. The van der Waals surface area contributed by atoms with E-state index in [4.69, 9.17) is 14.6 Å². The maximum absolute atomic E-state index is 10.4. The zero-order chi connectivity index (χ0) is 20.1. The van der Waals surface area contributed by atoms with Gasteiger partial charge in [-0.25, -0.2) is 10.0 Å². The van der Waals surface area contributed by atoms with E-state index in [2.05, 4.69) is 18.2 Å². The molecule has 0 bridgehead atoms. The minimum absolute atomic E-state index is 0.0584. The Hall–Kier alpha value is -0.340. The van der Waals surface area contributed by atoms with E-state index in [1.165, 1.54) is 31.4 Å². The third-order valence-electron chi connectivity index (χ3n) is 5.28. The Morgan fingerprint density at radius 3 is 2.33 bits per heavy atom. The van der Waals surface area contributed by atoms with Crippen molar-refractivity contribution in [3.8, 4) is 0 Å². The lowest BCUT2D eigenvalue weighted by atomic mass is 10.1. The van der Waals surface area contributed by atoms with E-state index in [1.807, 2.05) is 0 Å². The van der Waals surface area contributed by atoms with Crippen molar-refractivity contribution in [1.82, 2.24) is 0 Å². The summed E-state index contributed by atoms with van der Waals surface area (Å²) in [5, 5.41) is 17.9. The van der Waals surface area contributed by atoms with E-state index >= 15 is 0 Å². The van der Waals surface area contributed by atoms with E-state index in [-0.39, 0.29) is 25.0 Å². The van der Waals surface area contributed by atoms with Crippen LogP contribution in [-0.4, -0.2) is 71.8 Å². The van der Waals surface area contributed by atoms with Crippen molar-refractivity contribution in [3.05, 3.63) is 0 Å². The number of carboxylic acids is 1. The smallest absolute Gasteiger partial charge is 0.303 e. The average molecular weight is 409 g/mol. The van der Waals surface area contributed by atoms with Gasteiger partial charge in [-0.15, -0.1) is 0 Å². The van der Waals surface area contributed by atoms with E-state index < -0.39 is 16.0 Å². The van der Waals surface area contributed by atoms with Crippen LogP contribution in [0.25, 0.3) is 0 Å². The molecule has 1 saturated heterocycles. The minimum Gasteiger partial charge on any atom is -0.481 e. The highest BCUT2D eigenvalue weighted by Gasteiger charge is 2.32. The molecule has 1 aliphatic heterocycles. The third kappa shape index (κ3) is 12.0. The summed E-state index contributed by atoms with van der Waals surface area (Å²) in [6.07, 6.45) is 14.5. The second-order valence-corrected chi connectivity index (χ2v) is 12.7. The van der Waals surface area contributed by atoms with Gasteiger partial charge in [-0.1, -0.05) is 32.1 Å². The van der Waals surface area contributed by atoms with Gasteiger partial charge >= 0.3 is 5.97 Å². The Bertz CT molecular complexity index is 408. The summed E-state index contributed by atoms with van der Waals surface area (Å²) < 4.78 is 11.7. The lowest BCUT2D eigenvalue weighted by Crippen LogP contribution is -2.69. The Kier molecular flexibility index (Phi) is 12.6. The molecule has 0 aromatic heterocycles. The largest absolute Gasteiger partial charge is 0.481 e. The molecule has 5 N–H and O–H groups in total. The number of unbranched alkanes of at least 4 members (excludes halogenated alkanes) is 6. The van der Waals surface area contributed by atoms with Crippen LogP contribution in [0.5, 0.6) is 0 Å². The zero-order valence-corrected chi connectivity index (χ0v) is 18.2. The number of ether oxygens (including phenoxy) is 2. The molecule has 0 aliphatic carbocycles. The van der Waals surface area contributed by atoms with Crippen LogP contribution >= 0.6 is 10.0 Å². The van der Waals surface area contributed by atoms with Crippen LogP contribution in [0.4, 0.5) is 0 Å². The zero-order valence-electron chi connectivity index (χ0n) is 17.4. The van der Waals surface area contributed by atoms with Gasteiger partial charge < -0.3 is 25.4 Å². The molecule has 1 rings (SSSR count). The number of aliphatic hydroxyl groups is 1. The standard InChI is InChI=1S/C20H41NO5S/c1-27(2,14-9-7-5-3-4-6-8-10-19(23)24)15-13-25-20-18(21)12-11-17(16-22)26-20/h17-18,20,22H,3-16,21H2,1-2H3,(H,23,24)/p+1/t17-,18?,20?/m0/s1. The van der Waals surface area contributed by atoms with Crippen molar-refractivity contribution < 1.29 is 30.2 Å². The van der Waals surface area contributed by atoms with Gasteiger partial charge in [-0.05, 0) is 37.5 Å². The Morgan fingerprint density at radius 1 is 1.07 bits per heavy atom. The molecule has 1 fully saturated rings. The van der Waals surface area contributed by atoms with E-state index in [0.29, 0.717) is 13.0 Å². The topological polar surface area (TPSA) is 104 Å². The summed E-state index contributed by atoms with van der Waals surface area (Å²) in [6.45, 7) is 0.767. The summed E-state index contributed by atoms with van der Waals surface area (Å²) in [5.41, 5.74) is 4.11. The van der Waals surface area contributed by atoms with Crippen molar-refractivity contribution in [2.24, 2.45) is 0 Å². The molecule has 0 amide bonds. The molecule has 0 spiro atoms. The first kappa shape index (κ1) is 24.7. The van der Waals surface area contributed by atoms with Gasteiger partial charge in [0.1, 0.15) is 6.04 Å². The number of hydrogen-bond donors (Lipinski definition) is 3. The highest BCUT2D eigenvalue weighted by molar-refractivity contribution is 8.32. The Labute approximate surface area is 166 Å². The molecule has 27 heavy (non-hydrogen) atoms. The molecule has 3 atom stereocenters. The lowest BCUT2D eigenvalue weighted by molar-refractivity contribution is -0.476. The fourth-order valence-corrected chi connectivity index (χ4v) is 5.10.